The molecule has 37 heavy (non-hydrogen) atoms. The molecular formula is C25H36N4O8. The average Bonchev–Trinajstić information content (AvgIpc) is 3.73. The highest BCUT2D eigenvalue weighted by Gasteiger charge is 2.39. The molecule has 12 heteroatoms. The number of aliphatic carboxylic acids is 2. The van der Waals surface area contributed by atoms with Crippen molar-refractivity contribution in [2.45, 2.75) is 63.5 Å². The summed E-state index contributed by atoms with van der Waals surface area (Å²) in [6, 6.07) is 0.703. The Hall–Kier alpha value is -3.54. The highest BCUT2D eigenvalue weighted by molar-refractivity contribution is 6.21. The quantitative estimate of drug-likeness (QED) is 0.309. The number of allylic oxidation sites excluding steroid dienone is 1. The summed E-state index contributed by atoms with van der Waals surface area (Å²) in [4.78, 5) is 72.1. The van der Waals surface area contributed by atoms with Crippen molar-refractivity contribution in [3.05, 3.63) is 23.4 Å². The summed E-state index contributed by atoms with van der Waals surface area (Å²) in [5.41, 5.74) is 5.10. The molecule has 4 aliphatic rings. The summed E-state index contributed by atoms with van der Waals surface area (Å²) in [7, 11) is 3.65. The van der Waals surface area contributed by atoms with E-state index in [1.165, 1.54) is 6.08 Å². The summed E-state index contributed by atoms with van der Waals surface area (Å²) < 4.78 is 0. The Kier molecular flexibility index (Phi) is 11.0. The summed E-state index contributed by atoms with van der Waals surface area (Å²) in [6.45, 7) is 0.839. The summed E-state index contributed by atoms with van der Waals surface area (Å²) in [5, 5.41) is 16.1. The molecule has 0 atom stereocenters. The molecule has 204 valence electrons. The van der Waals surface area contributed by atoms with Crippen LogP contribution in [-0.4, -0.2) is 106 Å². The molecule has 2 heterocycles. The second-order valence-electron chi connectivity index (χ2n) is 9.46. The van der Waals surface area contributed by atoms with Gasteiger partial charge in [-0.15, -0.1) is 0 Å². The van der Waals surface area contributed by atoms with Gasteiger partial charge in [0.2, 0.25) is 0 Å². The van der Waals surface area contributed by atoms with Gasteiger partial charge >= 0.3 is 11.9 Å². The van der Waals surface area contributed by atoms with Crippen molar-refractivity contribution in [1.82, 2.24) is 14.7 Å². The van der Waals surface area contributed by atoms with Crippen molar-refractivity contribution in [1.29, 1.82) is 0 Å². The van der Waals surface area contributed by atoms with Gasteiger partial charge in [0.25, 0.3) is 11.8 Å². The van der Waals surface area contributed by atoms with Gasteiger partial charge in [0.15, 0.2) is 11.6 Å². The molecule has 12 nitrogen and oxygen atoms in total. The van der Waals surface area contributed by atoms with Crippen LogP contribution >= 0.6 is 0 Å². The van der Waals surface area contributed by atoms with E-state index in [9.17, 15) is 28.8 Å². The molecule has 0 spiro atoms. The molecule has 4 N–H and O–H groups in total. The molecule has 2 amide bonds. The normalized spacial score (nSPS) is 21.8. The van der Waals surface area contributed by atoms with Crippen LogP contribution < -0.4 is 5.73 Å². The van der Waals surface area contributed by atoms with Crippen molar-refractivity contribution < 1.29 is 39.0 Å². The van der Waals surface area contributed by atoms with Gasteiger partial charge in [-0.3, -0.25) is 28.8 Å². The van der Waals surface area contributed by atoms with Gasteiger partial charge in [-0.05, 0) is 32.1 Å². The van der Waals surface area contributed by atoms with Crippen LogP contribution in [0.2, 0.25) is 0 Å². The second kappa shape index (κ2) is 13.7. The number of nitrogens with two attached hydrogens (primary N) is 1. The van der Waals surface area contributed by atoms with Crippen molar-refractivity contribution in [3.8, 4) is 0 Å². The Labute approximate surface area is 215 Å². The zero-order valence-corrected chi connectivity index (χ0v) is 21.4. The Morgan fingerprint density at radius 2 is 1.30 bits per heavy atom. The first-order valence-electron chi connectivity index (χ1n) is 12.4. The topological polar surface area (TPSA) is 179 Å². The van der Waals surface area contributed by atoms with E-state index in [0.717, 1.165) is 25.7 Å². The minimum Gasteiger partial charge on any atom is -0.481 e. The number of carboxylic acid groups (broad SMARTS) is 2. The van der Waals surface area contributed by atoms with E-state index in [0.29, 0.717) is 43.6 Å². The monoisotopic (exact) mass is 520 g/mol. The van der Waals surface area contributed by atoms with Crippen LogP contribution in [-0.2, 0) is 28.8 Å². The predicted molar refractivity (Wildman–Crippen MR) is 132 cm³/mol. The van der Waals surface area contributed by atoms with Crippen molar-refractivity contribution in [3.63, 3.8) is 0 Å². The highest BCUT2D eigenvalue weighted by Crippen LogP contribution is 2.31. The highest BCUT2D eigenvalue weighted by atomic mass is 16.4. The lowest BCUT2D eigenvalue weighted by Crippen LogP contribution is -2.42. The van der Waals surface area contributed by atoms with E-state index in [1.54, 1.807) is 16.0 Å². The van der Waals surface area contributed by atoms with E-state index >= 15 is 0 Å². The molecule has 2 aliphatic carbocycles. The van der Waals surface area contributed by atoms with Gasteiger partial charge in [0, 0.05) is 64.7 Å². The first kappa shape index (κ1) is 29.7. The number of nitrogens with zero attached hydrogens (tertiary/aromatic N) is 3. The molecule has 4 fully saturated rings. The van der Waals surface area contributed by atoms with Crippen LogP contribution in [0.15, 0.2) is 23.4 Å². The fraction of sp³-hybridized carbons (Fsp3) is 0.600. The molecule has 0 aromatic carbocycles. The number of Topliss-reactive ketones (excluding diaryl/α,β-unsaturated/α-hetero) is 2. The lowest BCUT2D eigenvalue weighted by atomic mass is 10.0. The maximum absolute atomic E-state index is 12.0. The SMILES string of the molecule is CN(C)/C=C1/C(=O)CCN(C2CC2)C1=O.NCC(=O)O.O=C(O)CC/C=C1/C(=O)CCN(C2CC2)C1=O. The fourth-order valence-corrected chi connectivity index (χ4v) is 3.86. The van der Waals surface area contributed by atoms with E-state index < -0.39 is 11.9 Å². The number of carboxylic acids is 2. The summed E-state index contributed by atoms with van der Waals surface area (Å²) in [5.74, 6) is -2.36. The minimum absolute atomic E-state index is 0.0226. The average molecular weight is 521 g/mol. The van der Waals surface area contributed by atoms with Crippen molar-refractivity contribution in [2.75, 3.05) is 33.7 Å². The van der Waals surface area contributed by atoms with Gasteiger partial charge < -0.3 is 30.6 Å². The van der Waals surface area contributed by atoms with Crippen molar-refractivity contribution >= 4 is 35.3 Å². The molecular weight excluding hydrogens is 484 g/mol. The Morgan fingerprint density at radius 3 is 1.68 bits per heavy atom. The number of rotatable bonds is 7. The van der Waals surface area contributed by atoms with E-state index in [-0.39, 0.29) is 48.3 Å². The maximum Gasteiger partial charge on any atom is 0.317 e. The number of ketones is 2. The third kappa shape index (κ3) is 9.45. The third-order valence-corrected chi connectivity index (χ3v) is 5.99. The smallest absolute Gasteiger partial charge is 0.317 e. The van der Waals surface area contributed by atoms with E-state index in [4.69, 9.17) is 10.2 Å². The van der Waals surface area contributed by atoms with Gasteiger partial charge in [-0.1, -0.05) is 6.08 Å². The van der Waals surface area contributed by atoms with Crippen molar-refractivity contribution in [2.24, 2.45) is 5.73 Å². The molecule has 0 unspecified atom stereocenters. The number of hydrogen-bond acceptors (Lipinski definition) is 8. The third-order valence-electron chi connectivity index (χ3n) is 5.99. The standard InChI is InChI=1S/C12H15NO4.C11H16N2O2.C2H5NO2/c14-10-6-7-13(8-4-5-8)12(17)9(10)2-1-3-11(15)16;1-12(2)7-9-10(14)5-6-13(11(9)15)8-3-4-8;3-1-2(4)5/h2,8H,1,3-7H2,(H,15,16);7-8H,3-6H2,1-2H3;1,3H2,(H,4,5)/b9-2-;9-7-;. The van der Waals surface area contributed by atoms with Gasteiger partial charge in [0.05, 0.1) is 17.7 Å². The number of hydrogen-bond donors (Lipinski definition) is 3. The molecule has 0 radical (unpaired) electrons. The first-order chi connectivity index (χ1) is 17.5. The molecule has 2 aliphatic heterocycles. The zero-order chi connectivity index (χ0) is 27.7. The lowest BCUT2D eigenvalue weighted by Gasteiger charge is -2.28. The molecule has 0 aromatic rings. The molecule has 2 saturated heterocycles. The molecule has 4 rings (SSSR count). The molecule has 0 aromatic heterocycles. The van der Waals surface area contributed by atoms with Gasteiger partial charge in [-0.25, -0.2) is 0 Å². The largest absolute Gasteiger partial charge is 0.481 e. The van der Waals surface area contributed by atoms with E-state index in [2.05, 4.69) is 5.73 Å². The summed E-state index contributed by atoms with van der Waals surface area (Å²) >= 11 is 0. The van der Waals surface area contributed by atoms with E-state index in [1.807, 2.05) is 19.0 Å². The van der Waals surface area contributed by atoms with Crippen LogP contribution in [0.1, 0.15) is 51.4 Å². The minimum atomic E-state index is -0.968. The molecule has 0 bridgehead atoms. The van der Waals surface area contributed by atoms with Crippen LogP contribution in [0, 0.1) is 0 Å². The summed E-state index contributed by atoms with van der Waals surface area (Å²) in [6.07, 6.45) is 8.36. The molecule has 2 saturated carbocycles. The van der Waals surface area contributed by atoms with Gasteiger partial charge in [-0.2, -0.15) is 0 Å². The number of piperidine rings is 2. The Bertz CT molecular complexity index is 979. The van der Waals surface area contributed by atoms with Crippen LogP contribution in [0.25, 0.3) is 0 Å². The number of carbonyl (C=O) groups is 6. The van der Waals surface area contributed by atoms with Gasteiger partial charge in [0.1, 0.15) is 0 Å². The van der Waals surface area contributed by atoms with Crippen LogP contribution in [0.4, 0.5) is 0 Å². The Balaban J connectivity index is 0.000000222. The maximum atomic E-state index is 12.0. The predicted octanol–water partition coefficient (Wildman–Crippen LogP) is 0.167. The lowest BCUT2D eigenvalue weighted by molar-refractivity contribution is -0.137. The first-order valence-corrected chi connectivity index (χ1v) is 12.4. The van der Waals surface area contributed by atoms with Crippen LogP contribution in [0.3, 0.4) is 0 Å². The second-order valence-corrected chi connectivity index (χ2v) is 9.46. The number of carbonyl (C=O) groups excluding carboxylic acids is 4. The fourth-order valence-electron chi connectivity index (χ4n) is 3.86. The Morgan fingerprint density at radius 1 is 0.865 bits per heavy atom. The number of amides is 2. The van der Waals surface area contributed by atoms with Crippen LogP contribution in [0.5, 0.6) is 0 Å². The number of likely N-dealkylation sites (tertiary alicyclic amines) is 2. The zero-order valence-electron chi connectivity index (χ0n) is 21.4.